The first-order valence-corrected chi connectivity index (χ1v) is 3.66. The first kappa shape index (κ1) is 5.18. The molecule has 1 aromatic rings. The van der Waals surface area contributed by atoms with Crippen LogP contribution in [-0.4, -0.2) is 0 Å². The van der Waals surface area contributed by atoms with E-state index in [1.165, 1.54) is 17.6 Å². The van der Waals surface area contributed by atoms with Crippen LogP contribution in [0.2, 0.25) is 0 Å². The van der Waals surface area contributed by atoms with Gasteiger partial charge < -0.3 is 4.18 Å². The zero-order valence-electron chi connectivity index (χ0n) is 4.76. The van der Waals surface area contributed by atoms with Crippen molar-refractivity contribution >= 4 is 12.0 Å². The molecule has 1 aromatic carbocycles. The average molecular weight is 137 g/mol. The van der Waals surface area contributed by atoms with Gasteiger partial charge in [0.2, 0.25) is 0 Å². The molecule has 0 aliphatic carbocycles. The van der Waals surface area contributed by atoms with Crippen LogP contribution in [0.5, 0.6) is 5.75 Å². The number of fused-ring (bicyclic) bond motifs is 1. The highest BCUT2D eigenvalue weighted by Gasteiger charge is 2.10. The summed E-state index contributed by atoms with van der Waals surface area (Å²) < 4.78 is 5.18. The van der Waals surface area contributed by atoms with Gasteiger partial charge in [0, 0.05) is 5.56 Å². The molecule has 0 aromatic heterocycles. The fourth-order valence-corrected chi connectivity index (χ4v) is 1.51. The molecule has 1 aliphatic heterocycles. The Hall–Kier alpha value is -0.630. The Labute approximate surface area is 58.2 Å². The summed E-state index contributed by atoms with van der Waals surface area (Å²) in [6, 6.07) is 8.77. The van der Waals surface area contributed by atoms with Crippen LogP contribution in [-0.2, 0) is 5.75 Å². The lowest BCUT2D eigenvalue weighted by Gasteiger charge is -1.91. The molecule has 0 amide bonds. The lowest BCUT2D eigenvalue weighted by atomic mass is 10.2. The van der Waals surface area contributed by atoms with Crippen molar-refractivity contribution in [3.63, 3.8) is 0 Å². The predicted octanol–water partition coefficient (Wildman–Crippen LogP) is 2.03. The second-order valence-corrected chi connectivity index (χ2v) is 2.57. The van der Waals surface area contributed by atoms with Crippen LogP contribution in [0, 0.1) is 6.07 Å². The van der Waals surface area contributed by atoms with E-state index in [1.54, 1.807) is 0 Å². The lowest BCUT2D eigenvalue weighted by molar-refractivity contribution is 0.660. The zero-order chi connectivity index (χ0) is 6.10. The van der Waals surface area contributed by atoms with Crippen LogP contribution in [0.4, 0.5) is 0 Å². The minimum atomic E-state index is 0.975. The SMILES string of the molecule is [c]1ccc2c(c1)OSC2. The smallest absolute Gasteiger partial charge is 0.142 e. The quantitative estimate of drug-likeness (QED) is 0.506. The highest BCUT2D eigenvalue weighted by atomic mass is 32.2. The molecule has 0 N–H and O–H groups in total. The Morgan fingerprint density at radius 1 is 1.67 bits per heavy atom. The third-order valence-corrected chi connectivity index (χ3v) is 2.00. The summed E-state index contributed by atoms with van der Waals surface area (Å²) in [5.74, 6) is 1.95. The molecule has 0 bridgehead atoms. The molecule has 0 saturated carbocycles. The monoisotopic (exact) mass is 137 g/mol. The molecule has 45 valence electrons. The third kappa shape index (κ3) is 0.793. The van der Waals surface area contributed by atoms with Crippen LogP contribution in [0.15, 0.2) is 18.2 Å². The molecule has 1 heterocycles. The van der Waals surface area contributed by atoms with Gasteiger partial charge in [0.05, 0.1) is 17.8 Å². The van der Waals surface area contributed by atoms with Crippen molar-refractivity contribution in [2.45, 2.75) is 5.75 Å². The fraction of sp³-hybridized carbons (Fsp3) is 0.143. The van der Waals surface area contributed by atoms with Crippen LogP contribution in [0.25, 0.3) is 0 Å². The van der Waals surface area contributed by atoms with Gasteiger partial charge in [0.25, 0.3) is 0 Å². The number of rotatable bonds is 0. The number of hydrogen-bond acceptors (Lipinski definition) is 2. The van der Waals surface area contributed by atoms with E-state index < -0.39 is 0 Å². The van der Waals surface area contributed by atoms with E-state index in [1.807, 2.05) is 18.2 Å². The molecule has 0 fully saturated rings. The van der Waals surface area contributed by atoms with E-state index in [0.29, 0.717) is 0 Å². The largest absolute Gasteiger partial charge is 0.425 e. The fourth-order valence-electron chi connectivity index (χ4n) is 0.801. The normalized spacial score (nSPS) is 14.7. The molecule has 9 heavy (non-hydrogen) atoms. The summed E-state index contributed by atoms with van der Waals surface area (Å²) in [6.45, 7) is 0. The summed E-state index contributed by atoms with van der Waals surface area (Å²) in [7, 11) is 0. The summed E-state index contributed by atoms with van der Waals surface area (Å²) in [5.41, 5.74) is 1.28. The molecule has 1 nitrogen and oxygen atoms in total. The van der Waals surface area contributed by atoms with E-state index >= 15 is 0 Å². The van der Waals surface area contributed by atoms with Crippen LogP contribution in [0.3, 0.4) is 0 Å². The maximum absolute atomic E-state index is 5.18. The molecule has 1 aliphatic rings. The molecule has 1 radical (unpaired) electrons. The van der Waals surface area contributed by atoms with Gasteiger partial charge in [-0.2, -0.15) is 0 Å². The summed E-state index contributed by atoms with van der Waals surface area (Å²) in [4.78, 5) is 0. The van der Waals surface area contributed by atoms with E-state index in [9.17, 15) is 0 Å². The first-order chi connectivity index (χ1) is 4.47. The van der Waals surface area contributed by atoms with Crippen molar-refractivity contribution in [1.82, 2.24) is 0 Å². The molecular weight excluding hydrogens is 132 g/mol. The first-order valence-electron chi connectivity index (χ1n) is 2.75. The van der Waals surface area contributed by atoms with Gasteiger partial charge in [0.1, 0.15) is 5.75 Å². The molecule has 2 rings (SSSR count). The van der Waals surface area contributed by atoms with Crippen molar-refractivity contribution in [3.8, 4) is 5.75 Å². The second kappa shape index (κ2) is 1.95. The molecule has 2 heteroatoms. The Bertz CT molecular complexity index is 199. The summed E-state index contributed by atoms with van der Waals surface area (Å²) in [5, 5.41) is 0. The molecule has 0 unspecified atom stereocenters. The highest BCUT2D eigenvalue weighted by Crippen LogP contribution is 2.32. The van der Waals surface area contributed by atoms with Crippen molar-refractivity contribution in [1.29, 1.82) is 0 Å². The molecule has 0 spiro atoms. The van der Waals surface area contributed by atoms with Gasteiger partial charge in [-0.3, -0.25) is 0 Å². The van der Waals surface area contributed by atoms with Crippen LogP contribution in [0.1, 0.15) is 5.56 Å². The van der Waals surface area contributed by atoms with Gasteiger partial charge in [0.15, 0.2) is 0 Å². The van der Waals surface area contributed by atoms with Crippen molar-refractivity contribution in [2.24, 2.45) is 0 Å². The van der Waals surface area contributed by atoms with Gasteiger partial charge >= 0.3 is 0 Å². The van der Waals surface area contributed by atoms with Crippen molar-refractivity contribution in [3.05, 3.63) is 29.8 Å². The minimum absolute atomic E-state index is 0.975. The van der Waals surface area contributed by atoms with Gasteiger partial charge in [-0.05, 0) is 12.1 Å². The maximum Gasteiger partial charge on any atom is 0.142 e. The maximum atomic E-state index is 5.18. The molecular formula is C7H5OS. The average Bonchev–Trinajstić information content (AvgIpc) is 2.33. The zero-order valence-corrected chi connectivity index (χ0v) is 5.57. The van der Waals surface area contributed by atoms with Gasteiger partial charge in [-0.15, -0.1) is 0 Å². The predicted molar refractivity (Wildman–Crippen MR) is 37.2 cm³/mol. The Kier molecular flexibility index (Phi) is 1.12. The standard InChI is InChI=1S/C7H5OS/c1-2-4-7-6(3-1)5-9-8-7/h1,3-4H,5H2. The van der Waals surface area contributed by atoms with Crippen LogP contribution >= 0.6 is 12.0 Å². The molecule has 0 atom stereocenters. The summed E-state index contributed by atoms with van der Waals surface area (Å²) >= 11 is 1.48. The summed E-state index contributed by atoms with van der Waals surface area (Å²) in [6.07, 6.45) is 0. The van der Waals surface area contributed by atoms with Gasteiger partial charge in [-0.25, -0.2) is 0 Å². The second-order valence-electron chi connectivity index (χ2n) is 1.88. The van der Waals surface area contributed by atoms with Crippen molar-refractivity contribution in [2.75, 3.05) is 0 Å². The van der Waals surface area contributed by atoms with E-state index in [0.717, 1.165) is 11.5 Å². The van der Waals surface area contributed by atoms with E-state index in [4.69, 9.17) is 4.18 Å². The molecule has 0 saturated heterocycles. The Morgan fingerprint density at radius 3 is 3.56 bits per heavy atom. The topological polar surface area (TPSA) is 9.23 Å². The third-order valence-electron chi connectivity index (χ3n) is 1.27. The lowest BCUT2D eigenvalue weighted by Crippen LogP contribution is -1.72. The number of hydrogen-bond donors (Lipinski definition) is 0. The number of benzene rings is 1. The minimum Gasteiger partial charge on any atom is -0.425 e. The van der Waals surface area contributed by atoms with Crippen molar-refractivity contribution < 1.29 is 4.18 Å². The highest BCUT2D eigenvalue weighted by molar-refractivity contribution is 7.94. The van der Waals surface area contributed by atoms with E-state index in [2.05, 4.69) is 6.07 Å². The van der Waals surface area contributed by atoms with Gasteiger partial charge in [-0.1, -0.05) is 12.1 Å². The Morgan fingerprint density at radius 2 is 2.67 bits per heavy atom. The van der Waals surface area contributed by atoms with E-state index in [-0.39, 0.29) is 0 Å². The van der Waals surface area contributed by atoms with Crippen LogP contribution < -0.4 is 4.18 Å². The Balaban J connectivity index is 2.54.